The van der Waals surface area contributed by atoms with Gasteiger partial charge in [-0.2, -0.15) is 0 Å². The third kappa shape index (κ3) is 3.05. The Labute approximate surface area is 126 Å². The van der Waals surface area contributed by atoms with Gasteiger partial charge in [-0.1, -0.05) is 23.7 Å². The Morgan fingerprint density at radius 1 is 1.10 bits per heavy atom. The second-order valence-electron chi connectivity index (χ2n) is 4.23. The zero-order valence-corrected chi connectivity index (χ0v) is 12.2. The van der Waals surface area contributed by atoms with Crippen LogP contribution in [0.25, 0.3) is 0 Å². The molecule has 20 heavy (non-hydrogen) atoms. The van der Waals surface area contributed by atoms with Crippen LogP contribution >= 0.6 is 23.2 Å². The SMILES string of the molecule is COc1cccc(F)c1C(Cl)Cc1c(F)cccc1Cl. The molecule has 0 spiro atoms. The average Bonchev–Trinajstić information content (AvgIpc) is 2.42. The molecule has 5 heteroatoms. The van der Waals surface area contributed by atoms with E-state index in [0.717, 1.165) is 0 Å². The summed E-state index contributed by atoms with van der Waals surface area (Å²) >= 11 is 12.2. The molecular formula is C15H12Cl2F2O. The first-order chi connectivity index (χ1) is 9.54. The Balaban J connectivity index is 2.36. The summed E-state index contributed by atoms with van der Waals surface area (Å²) in [5, 5.41) is -0.508. The number of ether oxygens (including phenoxy) is 1. The normalized spacial score (nSPS) is 12.2. The van der Waals surface area contributed by atoms with Gasteiger partial charge < -0.3 is 4.74 Å². The number of alkyl halides is 1. The van der Waals surface area contributed by atoms with Gasteiger partial charge in [0, 0.05) is 16.1 Å². The summed E-state index contributed by atoms with van der Waals surface area (Å²) < 4.78 is 32.7. The van der Waals surface area contributed by atoms with Gasteiger partial charge in [-0.15, -0.1) is 11.6 Å². The first-order valence-corrected chi connectivity index (χ1v) is 6.75. The van der Waals surface area contributed by atoms with Crippen molar-refractivity contribution in [2.24, 2.45) is 0 Å². The van der Waals surface area contributed by atoms with Crippen molar-refractivity contribution in [1.82, 2.24) is 0 Å². The third-order valence-electron chi connectivity index (χ3n) is 2.99. The second kappa shape index (κ2) is 6.42. The predicted molar refractivity (Wildman–Crippen MR) is 76.7 cm³/mol. The van der Waals surface area contributed by atoms with Gasteiger partial charge in [0.25, 0.3) is 0 Å². The van der Waals surface area contributed by atoms with Crippen molar-refractivity contribution < 1.29 is 13.5 Å². The van der Waals surface area contributed by atoms with E-state index < -0.39 is 17.0 Å². The fourth-order valence-corrected chi connectivity index (χ4v) is 2.61. The molecule has 1 nitrogen and oxygen atoms in total. The van der Waals surface area contributed by atoms with E-state index >= 15 is 0 Å². The molecular weight excluding hydrogens is 305 g/mol. The fraction of sp³-hybridized carbons (Fsp3) is 0.200. The van der Waals surface area contributed by atoms with Crippen molar-refractivity contribution in [3.63, 3.8) is 0 Å². The van der Waals surface area contributed by atoms with Crippen molar-refractivity contribution in [2.45, 2.75) is 11.8 Å². The third-order valence-corrected chi connectivity index (χ3v) is 3.72. The van der Waals surface area contributed by atoms with Crippen LogP contribution in [0.3, 0.4) is 0 Å². The highest BCUT2D eigenvalue weighted by Crippen LogP contribution is 2.36. The lowest BCUT2D eigenvalue weighted by Crippen LogP contribution is -2.04. The van der Waals surface area contributed by atoms with Gasteiger partial charge in [-0.25, -0.2) is 8.78 Å². The minimum absolute atomic E-state index is 0.0738. The van der Waals surface area contributed by atoms with Gasteiger partial charge in [-0.3, -0.25) is 0 Å². The van der Waals surface area contributed by atoms with Gasteiger partial charge >= 0.3 is 0 Å². The first-order valence-electron chi connectivity index (χ1n) is 5.94. The molecule has 0 radical (unpaired) electrons. The lowest BCUT2D eigenvalue weighted by molar-refractivity contribution is 0.403. The van der Waals surface area contributed by atoms with Gasteiger partial charge in [-0.05, 0) is 30.7 Å². The molecule has 2 rings (SSSR count). The molecule has 0 aromatic heterocycles. The van der Waals surface area contributed by atoms with Gasteiger partial charge in [0.15, 0.2) is 0 Å². The van der Waals surface area contributed by atoms with Crippen LogP contribution in [-0.2, 0) is 6.42 Å². The van der Waals surface area contributed by atoms with Crippen LogP contribution in [0.5, 0.6) is 5.75 Å². The Morgan fingerprint density at radius 3 is 2.40 bits per heavy atom. The van der Waals surface area contributed by atoms with Crippen LogP contribution in [0.15, 0.2) is 36.4 Å². The van der Waals surface area contributed by atoms with E-state index in [2.05, 4.69) is 0 Å². The Bertz CT molecular complexity index is 597. The molecule has 0 saturated heterocycles. The highest BCUT2D eigenvalue weighted by atomic mass is 35.5. The van der Waals surface area contributed by atoms with Crippen LogP contribution in [0, 0.1) is 11.6 Å². The molecule has 0 amide bonds. The zero-order valence-electron chi connectivity index (χ0n) is 10.7. The molecule has 2 aromatic carbocycles. The van der Waals surface area contributed by atoms with Crippen LogP contribution in [-0.4, -0.2) is 7.11 Å². The van der Waals surface area contributed by atoms with Gasteiger partial charge in [0.05, 0.1) is 12.5 Å². The minimum Gasteiger partial charge on any atom is -0.496 e. The molecule has 0 N–H and O–H groups in total. The lowest BCUT2D eigenvalue weighted by atomic mass is 10.0. The van der Waals surface area contributed by atoms with E-state index in [0.29, 0.717) is 5.75 Å². The van der Waals surface area contributed by atoms with Crippen LogP contribution in [0.1, 0.15) is 16.5 Å². The monoisotopic (exact) mass is 316 g/mol. The Kier molecular flexibility index (Phi) is 4.84. The predicted octanol–water partition coefficient (Wildman–Crippen LogP) is 5.15. The Morgan fingerprint density at radius 2 is 1.75 bits per heavy atom. The van der Waals surface area contributed by atoms with E-state index in [1.54, 1.807) is 12.1 Å². The largest absolute Gasteiger partial charge is 0.496 e. The van der Waals surface area contributed by atoms with Crippen molar-refractivity contribution in [1.29, 1.82) is 0 Å². The molecule has 106 valence electrons. The molecule has 0 aliphatic rings. The molecule has 2 aromatic rings. The quantitative estimate of drug-likeness (QED) is 0.709. The second-order valence-corrected chi connectivity index (χ2v) is 5.16. The van der Waals surface area contributed by atoms with Crippen LogP contribution < -0.4 is 4.74 Å². The fourth-order valence-electron chi connectivity index (χ4n) is 2.01. The van der Waals surface area contributed by atoms with Crippen LogP contribution in [0.4, 0.5) is 8.78 Å². The van der Waals surface area contributed by atoms with E-state index in [4.69, 9.17) is 27.9 Å². The molecule has 1 unspecified atom stereocenters. The van der Waals surface area contributed by atoms with E-state index in [1.807, 2.05) is 0 Å². The molecule has 1 atom stereocenters. The van der Waals surface area contributed by atoms with Crippen molar-refractivity contribution in [2.75, 3.05) is 7.11 Å². The maximum atomic E-state index is 13.9. The van der Waals surface area contributed by atoms with Crippen molar-refractivity contribution in [3.05, 3.63) is 64.2 Å². The van der Waals surface area contributed by atoms with E-state index in [9.17, 15) is 8.78 Å². The lowest BCUT2D eigenvalue weighted by Gasteiger charge is -2.16. The molecule has 0 bridgehead atoms. The summed E-state index contributed by atoms with van der Waals surface area (Å²) in [7, 11) is 1.43. The van der Waals surface area contributed by atoms with E-state index in [-0.39, 0.29) is 22.6 Å². The summed E-state index contributed by atoms with van der Waals surface area (Å²) in [6.45, 7) is 0. The van der Waals surface area contributed by atoms with E-state index in [1.165, 1.54) is 31.4 Å². The van der Waals surface area contributed by atoms with Gasteiger partial charge in [0.2, 0.25) is 0 Å². The number of rotatable bonds is 4. The van der Waals surface area contributed by atoms with Crippen molar-refractivity contribution >= 4 is 23.2 Å². The molecule has 0 aliphatic carbocycles. The number of halogens is 4. The summed E-state index contributed by atoms with van der Waals surface area (Å²) in [6, 6.07) is 8.80. The number of hydrogen-bond acceptors (Lipinski definition) is 1. The topological polar surface area (TPSA) is 9.23 Å². The summed E-state index contributed by atoms with van der Waals surface area (Å²) in [5.41, 5.74) is 0.468. The summed E-state index contributed by atoms with van der Waals surface area (Å²) in [5.74, 6) is -0.618. The molecule has 0 aliphatic heterocycles. The van der Waals surface area contributed by atoms with Crippen molar-refractivity contribution in [3.8, 4) is 5.75 Å². The molecule has 0 fully saturated rings. The van der Waals surface area contributed by atoms with Crippen LogP contribution in [0.2, 0.25) is 5.02 Å². The first kappa shape index (κ1) is 15.1. The minimum atomic E-state index is -0.777. The summed E-state index contributed by atoms with van der Waals surface area (Å²) in [4.78, 5) is 0. The number of methoxy groups -OCH3 is 1. The molecule has 0 saturated carbocycles. The Hall–Kier alpha value is -1.32. The van der Waals surface area contributed by atoms with Gasteiger partial charge in [0.1, 0.15) is 17.4 Å². The highest BCUT2D eigenvalue weighted by molar-refractivity contribution is 6.31. The number of benzene rings is 2. The highest BCUT2D eigenvalue weighted by Gasteiger charge is 2.21. The zero-order chi connectivity index (χ0) is 14.7. The maximum absolute atomic E-state index is 13.9. The summed E-state index contributed by atoms with van der Waals surface area (Å²) in [6.07, 6.45) is 0.0738. The standard InChI is InChI=1S/C15H12Cl2F2O/c1-20-14-7-3-6-13(19)15(14)11(17)8-9-10(16)4-2-5-12(9)18/h2-7,11H,8H2,1H3. The molecule has 0 heterocycles. The smallest absolute Gasteiger partial charge is 0.131 e. The number of hydrogen-bond donors (Lipinski definition) is 0. The average molecular weight is 317 g/mol. The maximum Gasteiger partial charge on any atom is 0.131 e.